The molecule has 0 spiro atoms. The lowest BCUT2D eigenvalue weighted by atomic mass is 9.78. The molecule has 1 aromatic carbocycles. The van der Waals surface area contributed by atoms with Gasteiger partial charge in [-0.2, -0.15) is 0 Å². The molecule has 162 valence electrons. The van der Waals surface area contributed by atoms with Crippen LogP contribution in [0.15, 0.2) is 18.2 Å². The van der Waals surface area contributed by atoms with E-state index in [-0.39, 0.29) is 12.5 Å². The molecule has 0 unspecified atom stereocenters. The van der Waals surface area contributed by atoms with Gasteiger partial charge >= 0.3 is 5.97 Å². The van der Waals surface area contributed by atoms with Crippen LogP contribution in [-0.2, 0) is 14.3 Å². The number of anilines is 1. The summed E-state index contributed by atoms with van der Waals surface area (Å²) in [4.78, 5) is 25.6. The Morgan fingerprint density at radius 1 is 1.17 bits per heavy atom. The maximum absolute atomic E-state index is 13.2. The van der Waals surface area contributed by atoms with Crippen molar-refractivity contribution in [2.24, 2.45) is 5.92 Å². The largest absolute Gasteiger partial charge is 0.493 e. The van der Waals surface area contributed by atoms with E-state index in [2.05, 4.69) is 12.2 Å². The fourth-order valence-electron chi connectivity index (χ4n) is 3.76. The van der Waals surface area contributed by atoms with E-state index in [1.165, 1.54) is 0 Å². The second-order valence-corrected chi connectivity index (χ2v) is 7.78. The Labute approximate surface area is 174 Å². The van der Waals surface area contributed by atoms with Gasteiger partial charge in [0.2, 0.25) is 0 Å². The van der Waals surface area contributed by atoms with Crippen LogP contribution in [0.3, 0.4) is 0 Å². The smallest absolute Gasteiger partial charge is 0.341 e. The van der Waals surface area contributed by atoms with Gasteiger partial charge in [-0.05, 0) is 63.1 Å². The first-order valence-corrected chi connectivity index (χ1v) is 10.8. The Balaban J connectivity index is 2.24. The molecule has 29 heavy (non-hydrogen) atoms. The van der Waals surface area contributed by atoms with Gasteiger partial charge in [-0.15, -0.1) is 0 Å². The van der Waals surface area contributed by atoms with Gasteiger partial charge in [0.05, 0.1) is 13.2 Å². The van der Waals surface area contributed by atoms with Gasteiger partial charge in [-0.25, -0.2) is 4.79 Å². The van der Waals surface area contributed by atoms with E-state index in [1.807, 2.05) is 13.8 Å². The lowest BCUT2D eigenvalue weighted by molar-refractivity contribution is -0.148. The molecule has 1 saturated carbocycles. The lowest BCUT2D eigenvalue weighted by Crippen LogP contribution is -2.48. The minimum Gasteiger partial charge on any atom is -0.493 e. The van der Waals surface area contributed by atoms with Crippen LogP contribution < -0.4 is 10.1 Å². The number of amides is 1. The summed E-state index contributed by atoms with van der Waals surface area (Å²) in [6.07, 6.45) is 5.19. The number of nitrogens with one attached hydrogen (secondary N) is 1. The van der Waals surface area contributed by atoms with Crippen LogP contribution in [0.1, 0.15) is 76.6 Å². The molecule has 0 heterocycles. The van der Waals surface area contributed by atoms with Gasteiger partial charge in [0.25, 0.3) is 5.91 Å². The molecule has 0 saturated heterocycles. The molecule has 1 fully saturated rings. The third-order valence-corrected chi connectivity index (χ3v) is 5.15. The lowest BCUT2D eigenvalue weighted by Gasteiger charge is -2.38. The zero-order valence-corrected chi connectivity index (χ0v) is 18.2. The van der Waals surface area contributed by atoms with E-state index in [4.69, 9.17) is 14.2 Å². The standard InChI is InChI=1S/C23H35NO5/c1-5-13-28-20-11-10-18(15-19(20)21(25)27-7-3)24-22(26)23(29-14-6-2)12-8-9-17(4)16-23/h10-11,15,17H,5-9,12-14,16H2,1-4H3,(H,24,26)/t17-,23-/m1/s1. The monoisotopic (exact) mass is 405 g/mol. The highest BCUT2D eigenvalue weighted by Gasteiger charge is 2.42. The molecule has 0 aromatic heterocycles. The zero-order chi connectivity index (χ0) is 21.3. The van der Waals surface area contributed by atoms with Gasteiger partial charge in [0, 0.05) is 12.3 Å². The minimum absolute atomic E-state index is 0.144. The van der Waals surface area contributed by atoms with Crippen LogP contribution in [0, 0.1) is 5.92 Å². The first-order chi connectivity index (χ1) is 14.0. The number of hydrogen-bond acceptors (Lipinski definition) is 5. The van der Waals surface area contributed by atoms with Crippen molar-refractivity contribution in [3.63, 3.8) is 0 Å². The molecule has 0 bridgehead atoms. The van der Waals surface area contributed by atoms with E-state index >= 15 is 0 Å². The molecule has 1 aliphatic rings. The average Bonchev–Trinajstić information content (AvgIpc) is 2.71. The topological polar surface area (TPSA) is 73.9 Å². The Bertz CT molecular complexity index is 690. The highest BCUT2D eigenvalue weighted by Crippen LogP contribution is 2.36. The first kappa shape index (κ1) is 23.2. The molecule has 1 amide bonds. The second-order valence-electron chi connectivity index (χ2n) is 7.78. The molecule has 6 heteroatoms. The Morgan fingerprint density at radius 2 is 1.93 bits per heavy atom. The third kappa shape index (κ3) is 6.20. The van der Waals surface area contributed by atoms with Crippen LogP contribution in [-0.4, -0.2) is 37.3 Å². The molecule has 1 N–H and O–H groups in total. The number of benzene rings is 1. The molecule has 2 atom stereocenters. The summed E-state index contributed by atoms with van der Waals surface area (Å²) in [5.41, 5.74) is 0.0491. The van der Waals surface area contributed by atoms with E-state index < -0.39 is 11.6 Å². The molecule has 1 aliphatic carbocycles. The Morgan fingerprint density at radius 3 is 2.59 bits per heavy atom. The number of rotatable bonds is 10. The Kier molecular flexibility index (Phi) is 8.96. The van der Waals surface area contributed by atoms with Crippen LogP contribution in [0.4, 0.5) is 5.69 Å². The molecule has 0 aliphatic heterocycles. The van der Waals surface area contributed by atoms with Crippen molar-refractivity contribution < 1.29 is 23.8 Å². The summed E-state index contributed by atoms with van der Waals surface area (Å²) >= 11 is 0. The van der Waals surface area contributed by atoms with Gasteiger partial charge in [-0.3, -0.25) is 4.79 Å². The molecule has 0 radical (unpaired) electrons. The molecular formula is C23H35NO5. The van der Waals surface area contributed by atoms with Gasteiger partial charge in [-0.1, -0.05) is 27.2 Å². The SMILES string of the molecule is CCCOc1ccc(NC(=O)[C@@]2(OCCC)CCC[C@@H](C)C2)cc1C(=O)OCC. The number of hydrogen-bond donors (Lipinski definition) is 1. The molecule has 6 nitrogen and oxygen atoms in total. The summed E-state index contributed by atoms with van der Waals surface area (Å²) in [6.45, 7) is 9.29. The highest BCUT2D eigenvalue weighted by atomic mass is 16.5. The number of carbonyl (C=O) groups is 2. The van der Waals surface area contributed by atoms with Gasteiger partial charge < -0.3 is 19.5 Å². The average molecular weight is 406 g/mol. The van der Waals surface area contributed by atoms with E-state index in [0.29, 0.717) is 49.0 Å². The number of esters is 1. The maximum atomic E-state index is 13.2. The van der Waals surface area contributed by atoms with E-state index in [0.717, 1.165) is 25.7 Å². The Hall–Kier alpha value is -2.08. The van der Waals surface area contributed by atoms with Crippen molar-refractivity contribution in [2.75, 3.05) is 25.1 Å². The highest BCUT2D eigenvalue weighted by molar-refractivity contribution is 5.99. The van der Waals surface area contributed by atoms with Crippen molar-refractivity contribution >= 4 is 17.6 Å². The van der Waals surface area contributed by atoms with Crippen LogP contribution in [0.5, 0.6) is 5.75 Å². The predicted molar refractivity (Wildman–Crippen MR) is 113 cm³/mol. The van der Waals surface area contributed by atoms with Crippen molar-refractivity contribution in [1.29, 1.82) is 0 Å². The first-order valence-electron chi connectivity index (χ1n) is 10.8. The summed E-state index contributed by atoms with van der Waals surface area (Å²) in [5, 5.41) is 2.98. The minimum atomic E-state index is -0.810. The summed E-state index contributed by atoms with van der Waals surface area (Å²) in [7, 11) is 0. The van der Waals surface area contributed by atoms with Crippen LogP contribution in [0.25, 0.3) is 0 Å². The zero-order valence-electron chi connectivity index (χ0n) is 18.2. The third-order valence-electron chi connectivity index (χ3n) is 5.15. The number of carbonyl (C=O) groups excluding carboxylic acids is 2. The van der Waals surface area contributed by atoms with Crippen molar-refractivity contribution in [3.8, 4) is 5.75 Å². The quantitative estimate of drug-likeness (QED) is 0.557. The van der Waals surface area contributed by atoms with Crippen LogP contribution >= 0.6 is 0 Å². The molecule has 2 rings (SSSR count). The van der Waals surface area contributed by atoms with Crippen molar-refractivity contribution in [2.45, 2.75) is 71.8 Å². The van der Waals surface area contributed by atoms with E-state index in [9.17, 15) is 9.59 Å². The summed E-state index contributed by atoms with van der Waals surface area (Å²) < 4.78 is 16.9. The normalized spacial score (nSPS) is 21.4. The van der Waals surface area contributed by atoms with Crippen molar-refractivity contribution in [3.05, 3.63) is 23.8 Å². The summed E-state index contributed by atoms with van der Waals surface area (Å²) in [6, 6.07) is 5.09. The predicted octanol–water partition coefficient (Wildman–Crippen LogP) is 4.97. The van der Waals surface area contributed by atoms with E-state index in [1.54, 1.807) is 25.1 Å². The molecular weight excluding hydrogens is 370 g/mol. The number of ether oxygens (including phenoxy) is 3. The molecule has 1 aromatic rings. The second kappa shape index (κ2) is 11.2. The maximum Gasteiger partial charge on any atom is 0.341 e. The summed E-state index contributed by atoms with van der Waals surface area (Å²) in [5.74, 6) is 0.297. The van der Waals surface area contributed by atoms with Crippen LogP contribution in [0.2, 0.25) is 0 Å². The van der Waals surface area contributed by atoms with Gasteiger partial charge in [0.1, 0.15) is 16.9 Å². The van der Waals surface area contributed by atoms with Crippen molar-refractivity contribution in [1.82, 2.24) is 0 Å². The van der Waals surface area contributed by atoms with Gasteiger partial charge in [0.15, 0.2) is 0 Å². The fraction of sp³-hybridized carbons (Fsp3) is 0.652. The fourth-order valence-corrected chi connectivity index (χ4v) is 3.76.